The number of piperidine rings is 1. The van der Waals surface area contributed by atoms with E-state index in [9.17, 15) is 13.6 Å². The normalized spacial score (nSPS) is 15.4. The molecule has 30 heavy (non-hydrogen) atoms. The number of likely N-dealkylation sites (tertiary alicyclic amines) is 1. The van der Waals surface area contributed by atoms with Gasteiger partial charge in [-0.1, -0.05) is 12.1 Å². The van der Waals surface area contributed by atoms with Gasteiger partial charge in [-0.3, -0.25) is 0 Å². The van der Waals surface area contributed by atoms with Gasteiger partial charge in [0.15, 0.2) is 12.0 Å². The smallest absolute Gasteiger partial charge is 0.318 e. The molecule has 0 unspecified atom stereocenters. The molecule has 0 spiro atoms. The van der Waals surface area contributed by atoms with Crippen LogP contribution in [0.1, 0.15) is 24.0 Å². The summed E-state index contributed by atoms with van der Waals surface area (Å²) in [5, 5.41) is 2.93. The van der Waals surface area contributed by atoms with Crippen molar-refractivity contribution in [3.8, 4) is 0 Å². The number of nitrogens with zero attached hydrogens (tertiary/aromatic N) is 3. The van der Waals surface area contributed by atoms with E-state index in [-0.39, 0.29) is 18.6 Å². The quantitative estimate of drug-likeness (QED) is 0.688. The van der Waals surface area contributed by atoms with Crippen molar-refractivity contribution in [3.63, 3.8) is 0 Å². The molecule has 2 heterocycles. The van der Waals surface area contributed by atoms with Crippen LogP contribution in [0.2, 0.25) is 0 Å². The average molecular weight is 414 g/mol. The summed E-state index contributed by atoms with van der Waals surface area (Å²) in [6.07, 6.45) is 2.99. The summed E-state index contributed by atoms with van der Waals surface area (Å²) in [5.74, 6) is -1.27. The number of urea groups is 1. The fraction of sp³-hybridized carbons (Fsp3) is 0.364. The van der Waals surface area contributed by atoms with E-state index < -0.39 is 11.6 Å². The summed E-state index contributed by atoms with van der Waals surface area (Å²) in [7, 11) is 2.04. The molecule has 158 valence electrons. The van der Waals surface area contributed by atoms with Crippen LogP contribution in [0.25, 0.3) is 11.1 Å². The molecule has 4 rings (SSSR count). The molecule has 2 amide bonds. The number of nitrogens with one attached hydrogen (secondary N) is 1. The van der Waals surface area contributed by atoms with Crippen molar-refractivity contribution in [2.45, 2.75) is 32.0 Å². The van der Waals surface area contributed by atoms with Crippen molar-refractivity contribution < 1.29 is 18.0 Å². The van der Waals surface area contributed by atoms with E-state index in [1.807, 2.05) is 25.2 Å². The Hall–Kier alpha value is -3.00. The minimum atomic E-state index is -0.642. The summed E-state index contributed by atoms with van der Waals surface area (Å²) in [4.78, 5) is 21.0. The van der Waals surface area contributed by atoms with Gasteiger partial charge < -0.3 is 19.5 Å². The SMILES string of the molecule is CN1CCC(N(Cc2ccc(F)cc2F)C(=O)NCc2ccc3ncoc3c2)CC1. The number of amides is 2. The number of hydrogen-bond acceptors (Lipinski definition) is 4. The zero-order valence-electron chi connectivity index (χ0n) is 16.8. The number of fused-ring (bicyclic) bond motifs is 1. The summed E-state index contributed by atoms with van der Waals surface area (Å²) in [6.45, 7) is 2.13. The van der Waals surface area contributed by atoms with E-state index in [1.54, 1.807) is 4.90 Å². The van der Waals surface area contributed by atoms with Crippen molar-refractivity contribution in [2.24, 2.45) is 0 Å². The number of halogens is 2. The Balaban J connectivity index is 1.49. The third-order valence-corrected chi connectivity index (χ3v) is 5.58. The number of rotatable bonds is 5. The molecule has 1 aliphatic rings. The van der Waals surface area contributed by atoms with Crippen LogP contribution in [0.5, 0.6) is 0 Å². The highest BCUT2D eigenvalue weighted by molar-refractivity contribution is 5.75. The van der Waals surface area contributed by atoms with Crippen LogP contribution in [-0.2, 0) is 13.1 Å². The Morgan fingerprint density at radius 1 is 1.23 bits per heavy atom. The van der Waals surface area contributed by atoms with Gasteiger partial charge >= 0.3 is 6.03 Å². The molecule has 0 atom stereocenters. The first-order chi connectivity index (χ1) is 14.5. The zero-order chi connectivity index (χ0) is 21.1. The minimum absolute atomic E-state index is 0.0117. The molecule has 6 nitrogen and oxygen atoms in total. The summed E-state index contributed by atoms with van der Waals surface area (Å²) < 4.78 is 32.8. The first-order valence-corrected chi connectivity index (χ1v) is 9.98. The number of hydrogen-bond donors (Lipinski definition) is 1. The summed E-state index contributed by atoms with van der Waals surface area (Å²) in [6, 6.07) is 8.74. The van der Waals surface area contributed by atoms with Crippen LogP contribution in [0.4, 0.5) is 13.6 Å². The van der Waals surface area contributed by atoms with E-state index >= 15 is 0 Å². The molecular weight excluding hydrogens is 390 g/mol. The van der Waals surface area contributed by atoms with E-state index in [1.165, 1.54) is 18.5 Å². The highest BCUT2D eigenvalue weighted by atomic mass is 19.1. The van der Waals surface area contributed by atoms with Gasteiger partial charge in [-0.2, -0.15) is 0 Å². The Kier molecular flexibility index (Phi) is 5.94. The highest BCUT2D eigenvalue weighted by Crippen LogP contribution is 2.21. The maximum absolute atomic E-state index is 14.2. The van der Waals surface area contributed by atoms with Gasteiger partial charge in [0.2, 0.25) is 0 Å². The number of carbonyl (C=O) groups is 1. The molecule has 0 radical (unpaired) electrons. The molecule has 1 N–H and O–H groups in total. The predicted molar refractivity (Wildman–Crippen MR) is 109 cm³/mol. The summed E-state index contributed by atoms with van der Waals surface area (Å²) >= 11 is 0. The van der Waals surface area contributed by atoms with E-state index in [4.69, 9.17) is 4.42 Å². The topological polar surface area (TPSA) is 61.6 Å². The van der Waals surface area contributed by atoms with Gasteiger partial charge in [0, 0.05) is 24.2 Å². The number of benzene rings is 2. The van der Waals surface area contributed by atoms with Crippen LogP contribution in [0, 0.1) is 11.6 Å². The molecule has 1 saturated heterocycles. The fourth-order valence-electron chi connectivity index (χ4n) is 3.80. The Bertz CT molecular complexity index is 1030. The van der Waals surface area contributed by atoms with E-state index in [0.29, 0.717) is 17.7 Å². The molecule has 1 aliphatic heterocycles. The second-order valence-corrected chi connectivity index (χ2v) is 7.71. The Morgan fingerprint density at radius 3 is 2.80 bits per heavy atom. The number of carbonyl (C=O) groups excluding carboxylic acids is 1. The van der Waals surface area contributed by atoms with Gasteiger partial charge in [0.1, 0.15) is 17.2 Å². The molecule has 8 heteroatoms. The van der Waals surface area contributed by atoms with Crippen LogP contribution >= 0.6 is 0 Å². The molecule has 0 saturated carbocycles. The van der Waals surface area contributed by atoms with E-state index in [0.717, 1.165) is 43.1 Å². The third-order valence-electron chi connectivity index (χ3n) is 5.58. The van der Waals surface area contributed by atoms with Crippen molar-refractivity contribution in [2.75, 3.05) is 20.1 Å². The number of oxazole rings is 1. The van der Waals surface area contributed by atoms with Crippen LogP contribution in [-0.4, -0.2) is 47.0 Å². The molecule has 0 bridgehead atoms. The first-order valence-electron chi connectivity index (χ1n) is 9.98. The Labute approximate surface area is 173 Å². The van der Waals surface area contributed by atoms with Gasteiger partial charge in [-0.25, -0.2) is 18.6 Å². The molecular formula is C22H24F2N4O2. The first kappa shape index (κ1) is 20.3. The van der Waals surface area contributed by atoms with Crippen molar-refractivity contribution >= 4 is 17.1 Å². The standard InChI is InChI=1S/C22H24F2N4O2/c1-27-8-6-18(7-9-27)28(13-16-3-4-17(23)11-19(16)24)22(29)25-12-15-2-5-20-21(10-15)30-14-26-20/h2-5,10-11,14,18H,6-9,12-13H2,1H3,(H,25,29). The van der Waals surface area contributed by atoms with Gasteiger partial charge in [0.25, 0.3) is 0 Å². The van der Waals surface area contributed by atoms with E-state index in [2.05, 4.69) is 15.2 Å². The third kappa shape index (κ3) is 4.59. The zero-order valence-corrected chi connectivity index (χ0v) is 16.8. The molecule has 1 aromatic heterocycles. The lowest BCUT2D eigenvalue weighted by atomic mass is 10.0. The maximum Gasteiger partial charge on any atom is 0.318 e. The second-order valence-electron chi connectivity index (χ2n) is 7.71. The lowest BCUT2D eigenvalue weighted by molar-refractivity contribution is 0.126. The van der Waals surface area contributed by atoms with Crippen molar-refractivity contribution in [1.82, 2.24) is 20.1 Å². The van der Waals surface area contributed by atoms with Gasteiger partial charge in [-0.15, -0.1) is 0 Å². The lowest BCUT2D eigenvalue weighted by Crippen LogP contribution is -2.49. The Morgan fingerprint density at radius 2 is 2.03 bits per heavy atom. The maximum atomic E-state index is 14.2. The van der Waals surface area contributed by atoms with Gasteiger partial charge in [-0.05, 0) is 56.7 Å². The van der Waals surface area contributed by atoms with Crippen LogP contribution < -0.4 is 5.32 Å². The van der Waals surface area contributed by atoms with Gasteiger partial charge in [0.05, 0.1) is 6.54 Å². The average Bonchev–Trinajstić information content (AvgIpc) is 3.20. The number of aromatic nitrogens is 1. The van der Waals surface area contributed by atoms with Crippen LogP contribution in [0.3, 0.4) is 0 Å². The molecule has 3 aromatic rings. The molecule has 2 aromatic carbocycles. The predicted octanol–water partition coefficient (Wildman–Crippen LogP) is 3.91. The lowest BCUT2D eigenvalue weighted by Gasteiger charge is -2.37. The fourth-order valence-corrected chi connectivity index (χ4v) is 3.80. The minimum Gasteiger partial charge on any atom is -0.443 e. The largest absolute Gasteiger partial charge is 0.443 e. The second kappa shape index (κ2) is 8.79. The monoisotopic (exact) mass is 414 g/mol. The highest BCUT2D eigenvalue weighted by Gasteiger charge is 2.27. The molecule has 0 aliphatic carbocycles. The summed E-state index contributed by atoms with van der Waals surface area (Å²) in [5.41, 5.74) is 2.59. The van der Waals surface area contributed by atoms with Crippen molar-refractivity contribution in [3.05, 3.63) is 65.6 Å². The van der Waals surface area contributed by atoms with Crippen LogP contribution in [0.15, 0.2) is 47.2 Å². The van der Waals surface area contributed by atoms with Crippen molar-refractivity contribution in [1.29, 1.82) is 0 Å². The molecule has 1 fully saturated rings.